The second-order valence-corrected chi connectivity index (χ2v) is 7.08. The molecule has 1 aliphatic rings. The van der Waals surface area contributed by atoms with Crippen molar-refractivity contribution < 1.29 is 4.74 Å². The standard InChI is InChI=1S/C23H31NO/c1-2-25-23(21-12-5-3-6-13-21,22-14-7-4-8-15-22)17-19-24-18-16-20-10-9-11-20/h3-8,12-15,20,24H,2,9-11,16-19H2,1H3. The normalized spacial score (nSPS) is 15.1. The van der Waals surface area contributed by atoms with E-state index in [2.05, 4.69) is 72.9 Å². The van der Waals surface area contributed by atoms with Crippen LogP contribution >= 0.6 is 0 Å². The molecule has 1 N–H and O–H groups in total. The Kier molecular flexibility index (Phi) is 6.66. The van der Waals surface area contributed by atoms with Gasteiger partial charge in [-0.3, -0.25) is 0 Å². The largest absolute Gasteiger partial charge is 0.366 e. The van der Waals surface area contributed by atoms with E-state index in [4.69, 9.17) is 4.74 Å². The van der Waals surface area contributed by atoms with Crippen LogP contribution in [0.2, 0.25) is 0 Å². The van der Waals surface area contributed by atoms with Crippen LogP contribution in [-0.2, 0) is 10.3 Å². The summed E-state index contributed by atoms with van der Waals surface area (Å²) in [6.45, 7) is 4.88. The fraction of sp³-hybridized carbons (Fsp3) is 0.478. The van der Waals surface area contributed by atoms with Gasteiger partial charge in [0.25, 0.3) is 0 Å². The number of hydrogen-bond donors (Lipinski definition) is 1. The highest BCUT2D eigenvalue weighted by Crippen LogP contribution is 2.37. The van der Waals surface area contributed by atoms with Gasteiger partial charge in [0.05, 0.1) is 0 Å². The Morgan fingerprint density at radius 2 is 1.52 bits per heavy atom. The summed E-state index contributed by atoms with van der Waals surface area (Å²) in [6, 6.07) is 21.3. The van der Waals surface area contributed by atoms with Gasteiger partial charge in [0, 0.05) is 6.61 Å². The van der Waals surface area contributed by atoms with Gasteiger partial charge in [0.15, 0.2) is 0 Å². The van der Waals surface area contributed by atoms with Gasteiger partial charge < -0.3 is 10.1 Å². The highest BCUT2D eigenvalue weighted by molar-refractivity contribution is 5.36. The molecule has 0 unspecified atom stereocenters. The molecule has 134 valence electrons. The highest BCUT2D eigenvalue weighted by Gasteiger charge is 2.34. The average molecular weight is 338 g/mol. The van der Waals surface area contributed by atoms with Crippen molar-refractivity contribution in [1.29, 1.82) is 0 Å². The van der Waals surface area contributed by atoms with Gasteiger partial charge in [-0.15, -0.1) is 0 Å². The van der Waals surface area contributed by atoms with Crippen molar-refractivity contribution in [2.45, 2.75) is 44.6 Å². The Bertz CT molecular complexity index is 567. The first-order chi connectivity index (χ1) is 12.3. The van der Waals surface area contributed by atoms with E-state index >= 15 is 0 Å². The number of benzene rings is 2. The van der Waals surface area contributed by atoms with Gasteiger partial charge >= 0.3 is 0 Å². The molecule has 2 aromatic carbocycles. The molecular formula is C23H31NO. The zero-order valence-corrected chi connectivity index (χ0v) is 15.4. The third kappa shape index (κ3) is 4.50. The summed E-state index contributed by atoms with van der Waals surface area (Å²) < 4.78 is 6.42. The summed E-state index contributed by atoms with van der Waals surface area (Å²) in [7, 11) is 0. The van der Waals surface area contributed by atoms with Gasteiger partial charge in [-0.1, -0.05) is 79.9 Å². The minimum absolute atomic E-state index is 0.374. The van der Waals surface area contributed by atoms with Crippen LogP contribution in [0.25, 0.3) is 0 Å². The van der Waals surface area contributed by atoms with Gasteiger partial charge in [-0.25, -0.2) is 0 Å². The van der Waals surface area contributed by atoms with Crippen molar-refractivity contribution in [3.05, 3.63) is 71.8 Å². The molecule has 0 aliphatic heterocycles. The lowest BCUT2D eigenvalue weighted by molar-refractivity contribution is -0.0173. The number of ether oxygens (including phenoxy) is 1. The number of rotatable bonds is 10. The van der Waals surface area contributed by atoms with Crippen molar-refractivity contribution in [3.8, 4) is 0 Å². The van der Waals surface area contributed by atoms with Crippen LogP contribution in [0.3, 0.4) is 0 Å². The molecule has 0 aromatic heterocycles. The molecule has 0 amide bonds. The Labute approximate surface area is 152 Å². The van der Waals surface area contributed by atoms with E-state index in [1.165, 1.54) is 36.8 Å². The molecule has 0 radical (unpaired) electrons. The molecule has 2 nitrogen and oxygen atoms in total. The molecule has 1 aliphatic carbocycles. The first kappa shape index (κ1) is 18.2. The molecule has 0 bridgehead atoms. The Morgan fingerprint density at radius 3 is 2.00 bits per heavy atom. The average Bonchev–Trinajstić information content (AvgIpc) is 2.63. The molecule has 2 heteroatoms. The van der Waals surface area contributed by atoms with Crippen LogP contribution in [0.15, 0.2) is 60.7 Å². The molecule has 0 atom stereocenters. The summed E-state index contributed by atoms with van der Waals surface area (Å²) in [4.78, 5) is 0. The minimum Gasteiger partial charge on any atom is -0.366 e. The van der Waals surface area contributed by atoms with Gasteiger partial charge in [-0.2, -0.15) is 0 Å². The zero-order chi connectivity index (χ0) is 17.4. The van der Waals surface area contributed by atoms with Gasteiger partial charge in [-0.05, 0) is 49.9 Å². The zero-order valence-electron chi connectivity index (χ0n) is 15.4. The lowest BCUT2D eigenvalue weighted by Crippen LogP contribution is -2.35. The van der Waals surface area contributed by atoms with Crippen LogP contribution < -0.4 is 5.32 Å². The van der Waals surface area contributed by atoms with E-state index in [1.807, 2.05) is 0 Å². The quantitative estimate of drug-likeness (QED) is 0.606. The van der Waals surface area contributed by atoms with E-state index in [1.54, 1.807) is 0 Å². The second-order valence-electron chi connectivity index (χ2n) is 7.08. The molecule has 25 heavy (non-hydrogen) atoms. The predicted molar refractivity (Wildman–Crippen MR) is 105 cm³/mol. The maximum Gasteiger partial charge on any atom is 0.119 e. The SMILES string of the molecule is CCOC(CCNCCC1CCC1)(c1ccccc1)c1ccccc1. The maximum atomic E-state index is 6.42. The number of hydrogen-bond acceptors (Lipinski definition) is 2. The maximum absolute atomic E-state index is 6.42. The Balaban J connectivity index is 1.73. The Morgan fingerprint density at radius 1 is 0.920 bits per heavy atom. The lowest BCUT2D eigenvalue weighted by Gasteiger charge is -2.35. The fourth-order valence-electron chi connectivity index (χ4n) is 3.83. The summed E-state index contributed by atoms with van der Waals surface area (Å²) in [5.74, 6) is 0.965. The Hall–Kier alpha value is -1.64. The third-order valence-electron chi connectivity index (χ3n) is 5.48. The summed E-state index contributed by atoms with van der Waals surface area (Å²) >= 11 is 0. The van der Waals surface area contributed by atoms with E-state index in [9.17, 15) is 0 Å². The molecular weight excluding hydrogens is 306 g/mol. The van der Waals surface area contributed by atoms with E-state index < -0.39 is 0 Å². The van der Waals surface area contributed by atoms with Crippen molar-refractivity contribution in [2.75, 3.05) is 19.7 Å². The van der Waals surface area contributed by atoms with Crippen LogP contribution in [0.4, 0.5) is 0 Å². The molecule has 1 saturated carbocycles. The third-order valence-corrected chi connectivity index (χ3v) is 5.48. The second kappa shape index (κ2) is 9.17. The van der Waals surface area contributed by atoms with E-state index in [0.717, 1.165) is 25.4 Å². The highest BCUT2D eigenvalue weighted by atomic mass is 16.5. The minimum atomic E-state index is -0.374. The van der Waals surface area contributed by atoms with Crippen molar-refractivity contribution in [2.24, 2.45) is 5.92 Å². The fourth-order valence-corrected chi connectivity index (χ4v) is 3.83. The van der Waals surface area contributed by atoms with Crippen LogP contribution in [-0.4, -0.2) is 19.7 Å². The first-order valence-corrected chi connectivity index (χ1v) is 9.81. The lowest BCUT2D eigenvalue weighted by atomic mass is 9.82. The molecule has 3 rings (SSSR count). The topological polar surface area (TPSA) is 21.3 Å². The van der Waals surface area contributed by atoms with Crippen molar-refractivity contribution in [1.82, 2.24) is 5.32 Å². The van der Waals surface area contributed by atoms with Crippen LogP contribution in [0.1, 0.15) is 50.2 Å². The summed E-state index contributed by atoms with van der Waals surface area (Å²) in [5, 5.41) is 3.66. The monoisotopic (exact) mass is 337 g/mol. The van der Waals surface area contributed by atoms with Crippen LogP contribution in [0, 0.1) is 5.92 Å². The molecule has 0 saturated heterocycles. The molecule has 0 spiro atoms. The van der Waals surface area contributed by atoms with Gasteiger partial charge in [0.1, 0.15) is 5.60 Å². The van der Waals surface area contributed by atoms with E-state index in [-0.39, 0.29) is 5.60 Å². The van der Waals surface area contributed by atoms with Crippen molar-refractivity contribution >= 4 is 0 Å². The first-order valence-electron chi connectivity index (χ1n) is 9.81. The molecule has 1 fully saturated rings. The van der Waals surface area contributed by atoms with Crippen LogP contribution in [0.5, 0.6) is 0 Å². The summed E-state index contributed by atoms with van der Waals surface area (Å²) in [6.07, 6.45) is 6.55. The predicted octanol–water partition coefficient (Wildman–Crippen LogP) is 5.14. The van der Waals surface area contributed by atoms with Crippen molar-refractivity contribution in [3.63, 3.8) is 0 Å². The van der Waals surface area contributed by atoms with Gasteiger partial charge in [0.2, 0.25) is 0 Å². The molecule has 2 aromatic rings. The van der Waals surface area contributed by atoms with E-state index in [0.29, 0.717) is 6.61 Å². The molecule has 0 heterocycles. The number of nitrogens with one attached hydrogen (secondary N) is 1. The smallest absolute Gasteiger partial charge is 0.119 e. The summed E-state index contributed by atoms with van der Waals surface area (Å²) in [5.41, 5.74) is 2.11.